The van der Waals surface area contributed by atoms with Crippen LogP contribution in [0.25, 0.3) is 0 Å². The number of aliphatic hydroxyl groups excluding tert-OH is 1. The molecule has 0 radical (unpaired) electrons. The summed E-state index contributed by atoms with van der Waals surface area (Å²) in [5.74, 6) is 1.53. The van der Waals surface area contributed by atoms with Crippen molar-refractivity contribution < 1.29 is 5.11 Å². The summed E-state index contributed by atoms with van der Waals surface area (Å²) >= 11 is 0. The molecule has 60 valence electrons. The van der Waals surface area contributed by atoms with Gasteiger partial charge in [0.15, 0.2) is 0 Å². The van der Waals surface area contributed by atoms with E-state index in [9.17, 15) is 0 Å². The Balaban J connectivity index is 2.28. The second-order valence-electron chi connectivity index (χ2n) is 3.53. The Morgan fingerprint density at radius 2 is 2.30 bits per heavy atom. The van der Waals surface area contributed by atoms with E-state index >= 15 is 0 Å². The molecule has 1 heterocycles. The number of nitrogens with one attached hydrogen (secondary N) is 1. The van der Waals surface area contributed by atoms with E-state index in [0.29, 0.717) is 12.6 Å². The van der Waals surface area contributed by atoms with Crippen LogP contribution < -0.4 is 5.32 Å². The van der Waals surface area contributed by atoms with Crippen LogP contribution in [0.5, 0.6) is 0 Å². The second kappa shape index (κ2) is 3.35. The van der Waals surface area contributed by atoms with Crippen LogP contribution in [-0.2, 0) is 0 Å². The van der Waals surface area contributed by atoms with Crippen LogP contribution in [0.3, 0.4) is 0 Å². The van der Waals surface area contributed by atoms with Crippen LogP contribution in [-0.4, -0.2) is 24.3 Å². The van der Waals surface area contributed by atoms with Crippen LogP contribution in [0, 0.1) is 11.8 Å². The lowest BCUT2D eigenvalue weighted by Gasteiger charge is -2.11. The zero-order valence-electron chi connectivity index (χ0n) is 6.80. The third kappa shape index (κ3) is 1.70. The summed E-state index contributed by atoms with van der Waals surface area (Å²) < 4.78 is 0. The number of rotatable bonds is 2. The van der Waals surface area contributed by atoms with Crippen molar-refractivity contribution in [1.82, 2.24) is 5.32 Å². The van der Waals surface area contributed by atoms with Gasteiger partial charge in [0.25, 0.3) is 0 Å². The molecule has 0 aromatic carbocycles. The highest BCUT2D eigenvalue weighted by Gasteiger charge is 2.24. The molecule has 1 fully saturated rings. The molecular formula is C8H17NO. The molecule has 0 amide bonds. The summed E-state index contributed by atoms with van der Waals surface area (Å²) in [7, 11) is 0. The highest BCUT2D eigenvalue weighted by Crippen LogP contribution is 2.21. The average Bonchev–Trinajstić information content (AvgIpc) is 2.34. The third-order valence-electron chi connectivity index (χ3n) is 2.42. The van der Waals surface area contributed by atoms with Gasteiger partial charge in [0.1, 0.15) is 0 Å². The van der Waals surface area contributed by atoms with Gasteiger partial charge in [-0.1, -0.05) is 13.8 Å². The lowest BCUT2D eigenvalue weighted by atomic mass is 9.94. The average molecular weight is 143 g/mol. The van der Waals surface area contributed by atoms with Crippen LogP contribution >= 0.6 is 0 Å². The van der Waals surface area contributed by atoms with Gasteiger partial charge >= 0.3 is 0 Å². The maximum atomic E-state index is 8.80. The van der Waals surface area contributed by atoms with Gasteiger partial charge in [0.05, 0.1) is 6.61 Å². The quantitative estimate of drug-likeness (QED) is 0.593. The molecule has 1 aliphatic rings. The van der Waals surface area contributed by atoms with Crippen molar-refractivity contribution in [2.45, 2.75) is 26.3 Å². The first-order valence-corrected chi connectivity index (χ1v) is 4.08. The molecule has 1 rings (SSSR count). The molecule has 10 heavy (non-hydrogen) atoms. The van der Waals surface area contributed by atoms with Gasteiger partial charge in [0.2, 0.25) is 0 Å². The zero-order valence-corrected chi connectivity index (χ0v) is 6.80. The molecule has 1 aliphatic heterocycles. The molecule has 1 unspecified atom stereocenters. The second-order valence-corrected chi connectivity index (χ2v) is 3.53. The largest absolute Gasteiger partial charge is 0.395 e. The predicted molar refractivity (Wildman–Crippen MR) is 41.8 cm³/mol. The molecule has 2 heteroatoms. The van der Waals surface area contributed by atoms with E-state index in [-0.39, 0.29) is 0 Å². The van der Waals surface area contributed by atoms with Crippen molar-refractivity contribution in [2.75, 3.05) is 13.2 Å². The minimum absolute atomic E-state index is 0.295. The molecule has 2 atom stereocenters. The van der Waals surface area contributed by atoms with E-state index in [2.05, 4.69) is 19.2 Å². The molecule has 0 saturated carbocycles. The molecule has 0 spiro atoms. The van der Waals surface area contributed by atoms with E-state index in [1.807, 2.05) is 0 Å². The number of hydrogen-bond acceptors (Lipinski definition) is 2. The van der Waals surface area contributed by atoms with Crippen LogP contribution in [0.4, 0.5) is 0 Å². The lowest BCUT2D eigenvalue weighted by molar-refractivity contribution is 0.250. The summed E-state index contributed by atoms with van der Waals surface area (Å²) in [6.07, 6.45) is 1.15. The standard InChI is InChI=1S/C8H17NO/c1-6(2)7-3-8(5-10)9-4-7/h6-10H,3-5H2,1-2H3/t7?,8-/m1/s1. The van der Waals surface area contributed by atoms with Crippen LogP contribution in [0.15, 0.2) is 0 Å². The minimum atomic E-state index is 0.295. The van der Waals surface area contributed by atoms with E-state index < -0.39 is 0 Å². The summed E-state index contributed by atoms with van der Waals surface area (Å²) in [4.78, 5) is 0. The summed E-state index contributed by atoms with van der Waals surface area (Å²) in [6.45, 7) is 5.87. The maximum absolute atomic E-state index is 8.80. The first-order chi connectivity index (χ1) is 4.74. The third-order valence-corrected chi connectivity index (χ3v) is 2.42. The first-order valence-electron chi connectivity index (χ1n) is 4.08. The topological polar surface area (TPSA) is 32.3 Å². The molecular weight excluding hydrogens is 126 g/mol. The van der Waals surface area contributed by atoms with Gasteiger partial charge in [-0.3, -0.25) is 0 Å². The summed E-state index contributed by atoms with van der Waals surface area (Å²) in [5.41, 5.74) is 0. The van der Waals surface area contributed by atoms with Crippen molar-refractivity contribution in [3.05, 3.63) is 0 Å². The molecule has 1 saturated heterocycles. The smallest absolute Gasteiger partial charge is 0.0584 e. The number of hydrogen-bond donors (Lipinski definition) is 2. The van der Waals surface area contributed by atoms with E-state index in [4.69, 9.17) is 5.11 Å². The van der Waals surface area contributed by atoms with Crippen LogP contribution in [0.1, 0.15) is 20.3 Å². The van der Waals surface area contributed by atoms with E-state index in [1.165, 1.54) is 0 Å². The predicted octanol–water partition coefficient (Wildman–Crippen LogP) is 0.613. The fourth-order valence-electron chi connectivity index (χ4n) is 1.50. The van der Waals surface area contributed by atoms with Gasteiger partial charge < -0.3 is 10.4 Å². The molecule has 0 aliphatic carbocycles. The highest BCUT2D eigenvalue weighted by molar-refractivity contribution is 4.82. The Kier molecular flexibility index (Phi) is 2.69. The Morgan fingerprint density at radius 1 is 1.60 bits per heavy atom. The molecule has 0 aromatic heterocycles. The van der Waals surface area contributed by atoms with Gasteiger partial charge in [0, 0.05) is 6.04 Å². The van der Waals surface area contributed by atoms with Gasteiger partial charge in [-0.15, -0.1) is 0 Å². The number of aliphatic hydroxyl groups is 1. The van der Waals surface area contributed by atoms with Crippen molar-refractivity contribution in [2.24, 2.45) is 11.8 Å². The van der Waals surface area contributed by atoms with Gasteiger partial charge in [-0.05, 0) is 24.8 Å². The van der Waals surface area contributed by atoms with Crippen molar-refractivity contribution in [1.29, 1.82) is 0 Å². The Bertz CT molecular complexity index is 103. The summed E-state index contributed by atoms with van der Waals surface area (Å²) in [5, 5.41) is 12.1. The maximum Gasteiger partial charge on any atom is 0.0584 e. The first kappa shape index (κ1) is 8.02. The molecule has 0 bridgehead atoms. The Labute approximate surface area is 62.6 Å². The van der Waals surface area contributed by atoms with Crippen molar-refractivity contribution >= 4 is 0 Å². The molecule has 2 nitrogen and oxygen atoms in total. The molecule has 0 aromatic rings. The minimum Gasteiger partial charge on any atom is -0.395 e. The zero-order chi connectivity index (χ0) is 7.56. The Morgan fingerprint density at radius 3 is 2.60 bits per heavy atom. The summed E-state index contributed by atoms with van der Waals surface area (Å²) in [6, 6.07) is 0.368. The van der Waals surface area contributed by atoms with Gasteiger partial charge in [-0.25, -0.2) is 0 Å². The normalized spacial score (nSPS) is 33.6. The SMILES string of the molecule is CC(C)C1CN[C@@H](CO)C1. The molecule has 2 N–H and O–H groups in total. The monoisotopic (exact) mass is 143 g/mol. The fraction of sp³-hybridized carbons (Fsp3) is 1.00. The van der Waals surface area contributed by atoms with E-state index in [1.54, 1.807) is 0 Å². The highest BCUT2D eigenvalue weighted by atomic mass is 16.3. The van der Waals surface area contributed by atoms with Crippen LogP contribution in [0.2, 0.25) is 0 Å². The van der Waals surface area contributed by atoms with Gasteiger partial charge in [-0.2, -0.15) is 0 Å². The fourth-order valence-corrected chi connectivity index (χ4v) is 1.50. The van der Waals surface area contributed by atoms with Crippen molar-refractivity contribution in [3.8, 4) is 0 Å². The Hall–Kier alpha value is -0.0800. The van der Waals surface area contributed by atoms with Crippen molar-refractivity contribution in [3.63, 3.8) is 0 Å². The van der Waals surface area contributed by atoms with E-state index in [0.717, 1.165) is 24.8 Å². The lowest BCUT2D eigenvalue weighted by Crippen LogP contribution is -2.24.